The van der Waals surface area contributed by atoms with E-state index in [4.69, 9.17) is 15.9 Å². The monoisotopic (exact) mass is 269 g/mol. The molecule has 2 rings (SSSR count). The number of amidine groups is 1. The topological polar surface area (TPSA) is 62.3 Å². The standard InChI is InChI=1S/C16H19N3O/c1-11-9-13(7-8-15(11)16(17)18)19(2)12-5-4-6-14(10-12)20-3/h4-10H,1-3H3,(H3,17,18). The Labute approximate surface area is 119 Å². The molecule has 0 saturated heterocycles. The van der Waals surface area contributed by atoms with Crippen LogP contribution in [0.2, 0.25) is 0 Å². The molecule has 0 aliphatic rings. The molecule has 2 aromatic rings. The average molecular weight is 269 g/mol. The molecule has 0 fully saturated rings. The first-order valence-corrected chi connectivity index (χ1v) is 6.35. The van der Waals surface area contributed by atoms with Gasteiger partial charge in [-0.25, -0.2) is 0 Å². The summed E-state index contributed by atoms with van der Waals surface area (Å²) < 4.78 is 5.24. The Morgan fingerprint density at radius 3 is 2.45 bits per heavy atom. The van der Waals surface area contributed by atoms with Gasteiger partial charge in [0.2, 0.25) is 0 Å². The molecule has 104 valence electrons. The molecule has 0 amide bonds. The number of ether oxygens (including phenoxy) is 1. The van der Waals surface area contributed by atoms with Crippen molar-refractivity contribution >= 4 is 17.2 Å². The van der Waals surface area contributed by atoms with Crippen LogP contribution in [0.25, 0.3) is 0 Å². The highest BCUT2D eigenvalue weighted by Gasteiger charge is 2.08. The lowest BCUT2D eigenvalue weighted by Gasteiger charge is -2.21. The molecule has 2 aromatic carbocycles. The van der Waals surface area contributed by atoms with Crippen LogP contribution in [0.4, 0.5) is 11.4 Å². The van der Waals surface area contributed by atoms with Gasteiger partial charge in [0.05, 0.1) is 7.11 Å². The van der Waals surface area contributed by atoms with Gasteiger partial charge >= 0.3 is 0 Å². The lowest BCUT2D eigenvalue weighted by molar-refractivity contribution is 0.415. The van der Waals surface area contributed by atoms with Crippen LogP contribution >= 0.6 is 0 Å². The van der Waals surface area contributed by atoms with E-state index in [2.05, 4.69) is 4.90 Å². The van der Waals surface area contributed by atoms with Crippen LogP contribution in [0.5, 0.6) is 5.75 Å². The SMILES string of the molecule is COc1cccc(N(C)c2ccc(C(=N)N)c(C)c2)c1. The quantitative estimate of drug-likeness (QED) is 0.662. The van der Waals surface area contributed by atoms with Crippen LogP contribution in [-0.2, 0) is 0 Å². The highest BCUT2D eigenvalue weighted by molar-refractivity contribution is 5.96. The Kier molecular flexibility index (Phi) is 3.94. The molecule has 0 aromatic heterocycles. The zero-order valence-corrected chi connectivity index (χ0v) is 12.0. The van der Waals surface area contributed by atoms with Crippen molar-refractivity contribution in [1.82, 2.24) is 0 Å². The number of nitrogens with two attached hydrogens (primary N) is 1. The third-order valence-corrected chi connectivity index (χ3v) is 3.33. The van der Waals surface area contributed by atoms with E-state index in [-0.39, 0.29) is 5.84 Å². The normalized spacial score (nSPS) is 10.2. The molecular weight excluding hydrogens is 250 g/mol. The Morgan fingerprint density at radius 2 is 1.85 bits per heavy atom. The Morgan fingerprint density at radius 1 is 1.15 bits per heavy atom. The summed E-state index contributed by atoms with van der Waals surface area (Å²) in [6, 6.07) is 13.7. The van der Waals surface area contributed by atoms with E-state index >= 15 is 0 Å². The molecule has 0 heterocycles. The summed E-state index contributed by atoms with van der Waals surface area (Å²) in [5.41, 5.74) is 9.39. The molecule has 0 saturated carbocycles. The zero-order chi connectivity index (χ0) is 14.7. The molecule has 3 N–H and O–H groups in total. The fourth-order valence-corrected chi connectivity index (χ4v) is 2.13. The van der Waals surface area contributed by atoms with Gasteiger partial charge in [-0.1, -0.05) is 6.07 Å². The highest BCUT2D eigenvalue weighted by Crippen LogP contribution is 2.28. The molecule has 0 radical (unpaired) electrons. The van der Waals surface area contributed by atoms with Crippen LogP contribution in [0.1, 0.15) is 11.1 Å². The van der Waals surface area contributed by atoms with E-state index in [1.165, 1.54) is 0 Å². The summed E-state index contributed by atoms with van der Waals surface area (Å²) in [5, 5.41) is 7.52. The number of nitrogen functional groups attached to an aromatic ring is 1. The summed E-state index contributed by atoms with van der Waals surface area (Å²) in [6.45, 7) is 1.96. The van der Waals surface area contributed by atoms with Crippen molar-refractivity contribution < 1.29 is 4.74 Å². The molecule has 0 bridgehead atoms. The van der Waals surface area contributed by atoms with Crippen molar-refractivity contribution in [3.63, 3.8) is 0 Å². The van der Waals surface area contributed by atoms with Crippen LogP contribution in [0, 0.1) is 12.3 Å². The minimum absolute atomic E-state index is 0.0954. The summed E-state index contributed by atoms with van der Waals surface area (Å²) >= 11 is 0. The average Bonchev–Trinajstić information content (AvgIpc) is 2.46. The Hall–Kier alpha value is -2.49. The van der Waals surface area contributed by atoms with Gasteiger partial charge in [-0.3, -0.25) is 5.41 Å². The number of nitrogens with one attached hydrogen (secondary N) is 1. The predicted molar refractivity (Wildman–Crippen MR) is 83.3 cm³/mol. The van der Waals surface area contributed by atoms with Gasteiger partial charge in [0.1, 0.15) is 11.6 Å². The Balaban J connectivity index is 2.35. The van der Waals surface area contributed by atoms with Gasteiger partial charge < -0.3 is 15.4 Å². The molecule has 0 atom stereocenters. The second-order valence-electron chi connectivity index (χ2n) is 4.67. The number of rotatable bonds is 4. The first kappa shape index (κ1) is 13.9. The minimum atomic E-state index is 0.0954. The second-order valence-corrected chi connectivity index (χ2v) is 4.67. The van der Waals surface area contributed by atoms with Crippen LogP contribution in [0.15, 0.2) is 42.5 Å². The van der Waals surface area contributed by atoms with Crippen molar-refractivity contribution in [3.05, 3.63) is 53.6 Å². The van der Waals surface area contributed by atoms with Gasteiger partial charge in [-0.2, -0.15) is 0 Å². The van der Waals surface area contributed by atoms with Crippen molar-refractivity contribution in [1.29, 1.82) is 5.41 Å². The van der Waals surface area contributed by atoms with Gasteiger partial charge in [-0.05, 0) is 42.8 Å². The van der Waals surface area contributed by atoms with E-state index in [1.54, 1.807) is 7.11 Å². The number of hydrogen-bond donors (Lipinski definition) is 2. The first-order chi connectivity index (χ1) is 9.52. The largest absolute Gasteiger partial charge is 0.497 e. The maximum absolute atomic E-state index is 7.52. The first-order valence-electron chi connectivity index (χ1n) is 6.35. The third kappa shape index (κ3) is 2.74. The van der Waals surface area contributed by atoms with E-state index in [9.17, 15) is 0 Å². The lowest BCUT2D eigenvalue weighted by Crippen LogP contribution is -2.14. The van der Waals surface area contributed by atoms with Gasteiger partial charge in [-0.15, -0.1) is 0 Å². The molecule has 4 nitrogen and oxygen atoms in total. The predicted octanol–water partition coefficient (Wildman–Crippen LogP) is 3.06. The molecule has 0 unspecified atom stereocenters. The fourth-order valence-electron chi connectivity index (χ4n) is 2.13. The Bertz CT molecular complexity index is 637. The maximum atomic E-state index is 7.52. The number of hydrogen-bond acceptors (Lipinski definition) is 3. The molecular formula is C16H19N3O. The minimum Gasteiger partial charge on any atom is -0.497 e. The summed E-state index contributed by atoms with van der Waals surface area (Å²) in [7, 11) is 3.65. The van der Waals surface area contributed by atoms with Crippen LogP contribution in [-0.4, -0.2) is 20.0 Å². The van der Waals surface area contributed by atoms with E-state index in [0.717, 1.165) is 28.3 Å². The second kappa shape index (κ2) is 5.65. The van der Waals surface area contributed by atoms with Crippen molar-refractivity contribution in [2.75, 3.05) is 19.1 Å². The van der Waals surface area contributed by atoms with Crippen molar-refractivity contribution in [2.24, 2.45) is 5.73 Å². The van der Waals surface area contributed by atoms with E-state index < -0.39 is 0 Å². The van der Waals surface area contributed by atoms with E-state index in [1.807, 2.05) is 56.4 Å². The number of nitrogens with zero attached hydrogens (tertiary/aromatic N) is 1. The molecule has 0 aliphatic heterocycles. The van der Waals surface area contributed by atoms with Crippen LogP contribution < -0.4 is 15.4 Å². The van der Waals surface area contributed by atoms with Gasteiger partial charge in [0, 0.05) is 30.1 Å². The molecule has 4 heteroatoms. The van der Waals surface area contributed by atoms with Gasteiger partial charge in [0.15, 0.2) is 0 Å². The smallest absolute Gasteiger partial charge is 0.123 e. The summed E-state index contributed by atoms with van der Waals surface area (Å²) in [4.78, 5) is 2.07. The highest BCUT2D eigenvalue weighted by atomic mass is 16.5. The van der Waals surface area contributed by atoms with Crippen molar-refractivity contribution in [2.45, 2.75) is 6.92 Å². The number of benzene rings is 2. The molecule has 0 aliphatic carbocycles. The van der Waals surface area contributed by atoms with E-state index in [0.29, 0.717) is 0 Å². The number of aryl methyl sites for hydroxylation is 1. The number of methoxy groups -OCH3 is 1. The maximum Gasteiger partial charge on any atom is 0.123 e. The van der Waals surface area contributed by atoms with Crippen LogP contribution in [0.3, 0.4) is 0 Å². The molecule has 20 heavy (non-hydrogen) atoms. The van der Waals surface area contributed by atoms with Gasteiger partial charge in [0.25, 0.3) is 0 Å². The van der Waals surface area contributed by atoms with Crippen molar-refractivity contribution in [3.8, 4) is 5.75 Å². The lowest BCUT2D eigenvalue weighted by atomic mass is 10.1. The molecule has 0 spiro atoms. The summed E-state index contributed by atoms with van der Waals surface area (Å²) in [6.07, 6.45) is 0. The summed E-state index contributed by atoms with van der Waals surface area (Å²) in [5.74, 6) is 0.921. The third-order valence-electron chi connectivity index (χ3n) is 3.33. The number of anilines is 2. The zero-order valence-electron chi connectivity index (χ0n) is 12.0. The fraction of sp³-hybridized carbons (Fsp3) is 0.188.